The zero-order valence-electron chi connectivity index (χ0n) is 14.0. The molecule has 0 saturated carbocycles. The van der Waals surface area contributed by atoms with E-state index >= 15 is 0 Å². The van der Waals surface area contributed by atoms with Crippen LogP contribution in [-0.4, -0.2) is 19.9 Å². The molecule has 0 bridgehead atoms. The Kier molecular flexibility index (Phi) is 3.85. The number of pyridine rings is 1. The largest absolute Gasteiger partial charge is 0.270 e. The first-order valence-corrected chi connectivity index (χ1v) is 8.06. The molecule has 126 valence electrons. The van der Waals surface area contributed by atoms with Gasteiger partial charge in [-0.1, -0.05) is 36.4 Å². The molecule has 0 aliphatic heterocycles. The Morgan fingerprint density at radius 3 is 2.65 bits per heavy atom. The highest BCUT2D eigenvalue weighted by molar-refractivity contribution is 5.79. The van der Waals surface area contributed by atoms with Gasteiger partial charge in [-0.25, -0.2) is 15.0 Å². The molecule has 6 heteroatoms. The van der Waals surface area contributed by atoms with Gasteiger partial charge in [0.1, 0.15) is 5.69 Å². The third-order valence-corrected chi connectivity index (χ3v) is 4.15. The van der Waals surface area contributed by atoms with Gasteiger partial charge in [0.2, 0.25) is 0 Å². The van der Waals surface area contributed by atoms with Crippen molar-refractivity contribution in [1.82, 2.24) is 15.0 Å². The summed E-state index contributed by atoms with van der Waals surface area (Å²) >= 11 is 0. The second-order valence-corrected chi connectivity index (χ2v) is 5.92. The fourth-order valence-corrected chi connectivity index (χ4v) is 2.81. The topological polar surface area (TPSA) is 81.8 Å². The Bertz CT molecular complexity index is 1140. The maximum Gasteiger partial charge on any atom is 0.270 e. The lowest BCUT2D eigenvalue weighted by Gasteiger charge is -2.08. The van der Waals surface area contributed by atoms with E-state index in [1.54, 1.807) is 12.3 Å². The Labute approximate surface area is 149 Å². The van der Waals surface area contributed by atoms with Crippen molar-refractivity contribution in [3.8, 4) is 22.8 Å². The van der Waals surface area contributed by atoms with Gasteiger partial charge < -0.3 is 0 Å². The van der Waals surface area contributed by atoms with Gasteiger partial charge in [0.25, 0.3) is 5.69 Å². The van der Waals surface area contributed by atoms with E-state index in [0.29, 0.717) is 22.8 Å². The SMILES string of the molecule is Cc1ccc(-c2ncc3ccccc3n2)nc1-c1cccc([N+](=O)[O-])c1. The van der Waals surface area contributed by atoms with E-state index in [1.165, 1.54) is 12.1 Å². The maximum absolute atomic E-state index is 11.0. The molecule has 0 saturated heterocycles. The van der Waals surface area contributed by atoms with Crippen molar-refractivity contribution >= 4 is 16.6 Å². The van der Waals surface area contributed by atoms with Crippen molar-refractivity contribution in [2.24, 2.45) is 0 Å². The highest BCUT2D eigenvalue weighted by atomic mass is 16.6. The normalized spacial score (nSPS) is 10.8. The maximum atomic E-state index is 11.0. The summed E-state index contributed by atoms with van der Waals surface area (Å²) in [6.45, 7) is 1.92. The Morgan fingerprint density at radius 2 is 1.81 bits per heavy atom. The number of para-hydroxylation sites is 1. The first-order valence-electron chi connectivity index (χ1n) is 8.06. The van der Waals surface area contributed by atoms with E-state index in [1.807, 2.05) is 49.4 Å². The van der Waals surface area contributed by atoms with Gasteiger partial charge in [-0.2, -0.15) is 0 Å². The number of fused-ring (bicyclic) bond motifs is 1. The predicted octanol–water partition coefficient (Wildman–Crippen LogP) is 4.58. The molecule has 0 spiro atoms. The number of aryl methyl sites for hydroxylation is 1. The van der Waals surface area contributed by atoms with Crippen LogP contribution in [0.2, 0.25) is 0 Å². The molecule has 0 aliphatic rings. The summed E-state index contributed by atoms with van der Waals surface area (Å²) in [5.41, 5.74) is 3.81. The summed E-state index contributed by atoms with van der Waals surface area (Å²) in [6, 6.07) is 18.0. The molecule has 2 aromatic carbocycles. The van der Waals surface area contributed by atoms with E-state index in [-0.39, 0.29) is 5.69 Å². The lowest BCUT2D eigenvalue weighted by Crippen LogP contribution is -1.96. The monoisotopic (exact) mass is 342 g/mol. The quantitative estimate of drug-likeness (QED) is 0.402. The average Bonchev–Trinajstić information content (AvgIpc) is 2.68. The van der Waals surface area contributed by atoms with Crippen LogP contribution in [-0.2, 0) is 0 Å². The van der Waals surface area contributed by atoms with Crippen LogP contribution in [0.1, 0.15) is 5.56 Å². The van der Waals surface area contributed by atoms with Crippen molar-refractivity contribution in [1.29, 1.82) is 0 Å². The van der Waals surface area contributed by atoms with Crippen molar-refractivity contribution < 1.29 is 4.92 Å². The lowest BCUT2D eigenvalue weighted by atomic mass is 10.1. The van der Waals surface area contributed by atoms with Crippen LogP contribution in [0.4, 0.5) is 5.69 Å². The van der Waals surface area contributed by atoms with Crippen LogP contribution in [0.25, 0.3) is 33.7 Å². The fourth-order valence-electron chi connectivity index (χ4n) is 2.81. The Balaban J connectivity index is 1.83. The fraction of sp³-hybridized carbons (Fsp3) is 0.0500. The number of nitro groups is 1. The van der Waals surface area contributed by atoms with E-state index in [0.717, 1.165) is 16.5 Å². The lowest BCUT2D eigenvalue weighted by molar-refractivity contribution is -0.384. The second kappa shape index (κ2) is 6.33. The number of rotatable bonds is 3. The molecule has 0 atom stereocenters. The predicted molar refractivity (Wildman–Crippen MR) is 99.6 cm³/mol. The average molecular weight is 342 g/mol. The van der Waals surface area contributed by atoms with Crippen molar-refractivity contribution in [3.63, 3.8) is 0 Å². The van der Waals surface area contributed by atoms with Gasteiger partial charge in [0.05, 0.1) is 16.1 Å². The van der Waals surface area contributed by atoms with Crippen molar-refractivity contribution in [3.05, 3.63) is 82.5 Å². The minimum absolute atomic E-state index is 0.0380. The third-order valence-electron chi connectivity index (χ3n) is 4.15. The molecule has 0 aliphatic carbocycles. The molecule has 2 aromatic heterocycles. The molecule has 0 fully saturated rings. The van der Waals surface area contributed by atoms with Crippen LogP contribution >= 0.6 is 0 Å². The zero-order chi connectivity index (χ0) is 18.1. The van der Waals surface area contributed by atoms with E-state index in [9.17, 15) is 10.1 Å². The summed E-state index contributed by atoms with van der Waals surface area (Å²) in [5.74, 6) is 0.524. The van der Waals surface area contributed by atoms with Gasteiger partial charge >= 0.3 is 0 Å². The van der Waals surface area contributed by atoms with Gasteiger partial charge in [-0.05, 0) is 24.6 Å². The van der Waals surface area contributed by atoms with Gasteiger partial charge in [0.15, 0.2) is 5.82 Å². The van der Waals surface area contributed by atoms with Crippen molar-refractivity contribution in [2.75, 3.05) is 0 Å². The summed E-state index contributed by atoms with van der Waals surface area (Å²) in [6.07, 6.45) is 1.77. The van der Waals surface area contributed by atoms with Gasteiger partial charge in [0, 0.05) is 29.3 Å². The molecule has 0 radical (unpaired) electrons. The van der Waals surface area contributed by atoms with Crippen LogP contribution in [0, 0.1) is 17.0 Å². The van der Waals surface area contributed by atoms with Gasteiger partial charge in [-0.3, -0.25) is 10.1 Å². The first-order chi connectivity index (χ1) is 12.6. The van der Waals surface area contributed by atoms with E-state index in [4.69, 9.17) is 0 Å². The van der Waals surface area contributed by atoms with Gasteiger partial charge in [-0.15, -0.1) is 0 Å². The molecule has 4 rings (SSSR count). The van der Waals surface area contributed by atoms with Crippen LogP contribution in [0.3, 0.4) is 0 Å². The molecular formula is C20H14N4O2. The molecule has 6 nitrogen and oxygen atoms in total. The van der Waals surface area contributed by atoms with Crippen LogP contribution < -0.4 is 0 Å². The molecule has 0 unspecified atom stereocenters. The molecule has 0 amide bonds. The number of benzene rings is 2. The number of nitrogens with zero attached hydrogens (tertiary/aromatic N) is 4. The Morgan fingerprint density at radius 1 is 0.962 bits per heavy atom. The van der Waals surface area contributed by atoms with Crippen molar-refractivity contribution in [2.45, 2.75) is 6.92 Å². The molecule has 26 heavy (non-hydrogen) atoms. The minimum atomic E-state index is -0.408. The zero-order valence-corrected chi connectivity index (χ0v) is 14.0. The number of non-ortho nitro benzene ring substituents is 1. The number of nitro benzene ring substituents is 1. The standard InChI is InChI=1S/C20H14N4O2/c1-13-9-10-18(20-21-12-15-5-2-3-8-17(15)23-20)22-19(13)14-6-4-7-16(11-14)24(25)26/h2-12H,1H3. The highest BCUT2D eigenvalue weighted by Crippen LogP contribution is 2.27. The van der Waals surface area contributed by atoms with E-state index in [2.05, 4.69) is 15.0 Å². The minimum Gasteiger partial charge on any atom is -0.258 e. The van der Waals surface area contributed by atoms with E-state index < -0.39 is 4.92 Å². The summed E-state index contributed by atoms with van der Waals surface area (Å²) in [4.78, 5) is 24.3. The summed E-state index contributed by atoms with van der Waals surface area (Å²) < 4.78 is 0. The second-order valence-electron chi connectivity index (χ2n) is 5.92. The van der Waals surface area contributed by atoms with Crippen LogP contribution in [0.15, 0.2) is 66.9 Å². The molecule has 0 N–H and O–H groups in total. The number of hydrogen-bond acceptors (Lipinski definition) is 5. The smallest absolute Gasteiger partial charge is 0.258 e. The molecule has 2 heterocycles. The number of hydrogen-bond donors (Lipinski definition) is 0. The van der Waals surface area contributed by atoms with Crippen LogP contribution in [0.5, 0.6) is 0 Å². The molecular weight excluding hydrogens is 328 g/mol. The summed E-state index contributed by atoms with van der Waals surface area (Å²) in [5, 5.41) is 12.0. The highest BCUT2D eigenvalue weighted by Gasteiger charge is 2.12. The third kappa shape index (κ3) is 2.88. The number of aromatic nitrogens is 3. The Hall–Kier alpha value is -3.67. The summed E-state index contributed by atoms with van der Waals surface area (Å²) in [7, 11) is 0. The molecule has 4 aromatic rings. The first kappa shape index (κ1) is 15.8.